The third kappa shape index (κ3) is 3.17. The van der Waals surface area contributed by atoms with E-state index in [9.17, 15) is 14.7 Å². The van der Waals surface area contributed by atoms with Crippen LogP contribution in [0, 0.1) is 13.8 Å². The summed E-state index contributed by atoms with van der Waals surface area (Å²) >= 11 is 1.56. The van der Waals surface area contributed by atoms with Gasteiger partial charge in [0.05, 0.1) is 11.8 Å². The third-order valence-corrected chi connectivity index (χ3v) is 5.70. The molecule has 7 nitrogen and oxygen atoms in total. The first-order valence-corrected chi connectivity index (χ1v) is 8.87. The summed E-state index contributed by atoms with van der Waals surface area (Å²) in [5.74, 6) is -0.882. The molecule has 132 valence electrons. The van der Waals surface area contributed by atoms with Gasteiger partial charge >= 0.3 is 12.0 Å². The molecule has 2 heterocycles. The first-order valence-electron chi connectivity index (χ1n) is 8.05. The number of fused-ring (bicyclic) bond motifs is 1. The summed E-state index contributed by atoms with van der Waals surface area (Å²) in [4.78, 5) is 23.8. The Morgan fingerprint density at radius 1 is 1.36 bits per heavy atom. The quantitative estimate of drug-likeness (QED) is 0.576. The maximum Gasteiger partial charge on any atom is 0.339 e. The molecule has 1 aliphatic carbocycles. The lowest BCUT2D eigenvalue weighted by molar-refractivity contribution is 0.0696. The molecule has 0 spiro atoms. The van der Waals surface area contributed by atoms with Gasteiger partial charge in [-0.25, -0.2) is 15.0 Å². The highest BCUT2D eigenvalue weighted by atomic mass is 32.1. The zero-order valence-corrected chi connectivity index (χ0v) is 14.9. The summed E-state index contributed by atoms with van der Waals surface area (Å²) in [6.45, 7) is 3.83. The first kappa shape index (κ1) is 17.2. The molecule has 0 unspecified atom stereocenters. The number of amides is 2. The number of aryl methyl sites for hydroxylation is 2. The second-order valence-corrected chi connectivity index (χ2v) is 7.18. The van der Waals surface area contributed by atoms with Crippen molar-refractivity contribution in [3.8, 4) is 5.00 Å². The van der Waals surface area contributed by atoms with Crippen molar-refractivity contribution >= 4 is 29.6 Å². The number of nitrogens with two attached hydrogens (primary N) is 1. The number of carboxylic acids is 1. The van der Waals surface area contributed by atoms with Crippen molar-refractivity contribution in [1.82, 2.24) is 9.99 Å². The van der Waals surface area contributed by atoms with E-state index in [2.05, 4.69) is 10.5 Å². The van der Waals surface area contributed by atoms with E-state index < -0.39 is 12.0 Å². The van der Waals surface area contributed by atoms with Crippen LogP contribution >= 0.6 is 11.3 Å². The number of thiophene rings is 1. The molecule has 0 bridgehead atoms. The van der Waals surface area contributed by atoms with Gasteiger partial charge in [0.1, 0.15) is 5.00 Å². The maximum atomic E-state index is 11.9. The number of hydrogen-bond acceptors (Lipinski definition) is 4. The number of primary amides is 1. The number of carbonyl (C=O) groups is 2. The van der Waals surface area contributed by atoms with Gasteiger partial charge in [0.25, 0.3) is 0 Å². The molecule has 3 rings (SSSR count). The van der Waals surface area contributed by atoms with Crippen molar-refractivity contribution in [3.63, 3.8) is 0 Å². The van der Waals surface area contributed by atoms with Gasteiger partial charge in [-0.05, 0) is 51.2 Å². The van der Waals surface area contributed by atoms with E-state index in [1.807, 2.05) is 24.5 Å². The molecule has 0 aliphatic heterocycles. The average molecular weight is 360 g/mol. The Morgan fingerprint density at radius 3 is 2.76 bits per heavy atom. The lowest BCUT2D eigenvalue weighted by Crippen LogP contribution is -2.24. The van der Waals surface area contributed by atoms with Crippen LogP contribution in [0.2, 0.25) is 0 Å². The minimum absolute atomic E-state index is 0.417. The highest BCUT2D eigenvalue weighted by Gasteiger charge is 2.27. The Balaban J connectivity index is 2.10. The fourth-order valence-corrected chi connectivity index (χ4v) is 4.82. The third-order valence-electron chi connectivity index (χ3n) is 4.42. The normalized spacial score (nSPS) is 13.8. The van der Waals surface area contributed by atoms with Gasteiger partial charge in [-0.15, -0.1) is 11.3 Å². The first-order chi connectivity index (χ1) is 11.9. The molecule has 0 saturated carbocycles. The maximum absolute atomic E-state index is 11.9. The number of carboxylic acid groups (broad SMARTS) is 1. The molecule has 0 radical (unpaired) electrons. The van der Waals surface area contributed by atoms with Crippen LogP contribution in [-0.4, -0.2) is 27.9 Å². The van der Waals surface area contributed by atoms with Gasteiger partial charge in [-0.3, -0.25) is 0 Å². The predicted octanol–water partition coefficient (Wildman–Crippen LogP) is 2.73. The molecule has 0 atom stereocenters. The summed E-state index contributed by atoms with van der Waals surface area (Å²) in [6.07, 6.45) is 5.41. The SMILES string of the molecule is Cc1cc(C=NNC(N)=O)c(C)n1-c1sc2c(c1C(=O)O)CCCC2. The number of hydrazone groups is 1. The summed E-state index contributed by atoms with van der Waals surface area (Å²) in [5, 5.41) is 14.3. The molecular formula is C17H20N4O3S. The zero-order valence-electron chi connectivity index (χ0n) is 14.1. The average Bonchev–Trinajstić information content (AvgIpc) is 3.04. The van der Waals surface area contributed by atoms with E-state index in [1.54, 1.807) is 11.3 Å². The molecule has 0 saturated heterocycles. The van der Waals surface area contributed by atoms with Crippen LogP contribution in [0.3, 0.4) is 0 Å². The van der Waals surface area contributed by atoms with Crippen LogP contribution in [0.15, 0.2) is 11.2 Å². The summed E-state index contributed by atoms with van der Waals surface area (Å²) in [7, 11) is 0. The molecule has 8 heteroatoms. The Kier molecular flexibility index (Phi) is 4.63. The standard InChI is InChI=1S/C17H20N4O3S/c1-9-7-11(8-19-20-17(18)24)10(2)21(9)15-14(16(22)23)12-5-3-4-6-13(12)25-15/h7-8H,3-6H2,1-2H3,(H,22,23)(H3,18,20,24). The molecule has 0 aromatic carbocycles. The van der Waals surface area contributed by atoms with E-state index in [4.69, 9.17) is 5.73 Å². The van der Waals surface area contributed by atoms with Crippen molar-refractivity contribution in [3.05, 3.63) is 39.0 Å². The largest absolute Gasteiger partial charge is 0.478 e. The molecule has 1 aliphatic rings. The lowest BCUT2D eigenvalue weighted by atomic mass is 9.95. The second kappa shape index (κ2) is 6.72. The van der Waals surface area contributed by atoms with Gasteiger partial charge in [0.15, 0.2) is 0 Å². The fourth-order valence-electron chi connectivity index (χ4n) is 3.33. The Hall–Kier alpha value is -2.61. The van der Waals surface area contributed by atoms with Crippen molar-refractivity contribution < 1.29 is 14.7 Å². The molecule has 2 aromatic heterocycles. The van der Waals surface area contributed by atoms with Gasteiger partial charge in [-0.1, -0.05) is 0 Å². The van der Waals surface area contributed by atoms with Crippen LogP contribution in [-0.2, 0) is 12.8 Å². The van der Waals surface area contributed by atoms with Crippen molar-refractivity contribution in [2.75, 3.05) is 0 Å². The molecule has 4 N–H and O–H groups in total. The number of carbonyl (C=O) groups excluding carboxylic acids is 1. The van der Waals surface area contributed by atoms with Crippen LogP contribution in [0.5, 0.6) is 0 Å². The molecule has 2 aromatic rings. The molecule has 2 amide bonds. The van der Waals surface area contributed by atoms with Gasteiger partial charge < -0.3 is 15.4 Å². The smallest absolute Gasteiger partial charge is 0.339 e. The van der Waals surface area contributed by atoms with Crippen molar-refractivity contribution in [1.29, 1.82) is 0 Å². The molecule has 0 fully saturated rings. The van der Waals surface area contributed by atoms with E-state index in [0.29, 0.717) is 5.56 Å². The molecule has 25 heavy (non-hydrogen) atoms. The van der Waals surface area contributed by atoms with Gasteiger partial charge in [0, 0.05) is 21.8 Å². The van der Waals surface area contributed by atoms with Crippen molar-refractivity contribution in [2.24, 2.45) is 10.8 Å². The molecular weight excluding hydrogens is 340 g/mol. The zero-order chi connectivity index (χ0) is 18.1. The minimum atomic E-state index is -0.882. The number of hydrogen-bond donors (Lipinski definition) is 3. The van der Waals surface area contributed by atoms with E-state index in [1.165, 1.54) is 11.1 Å². The predicted molar refractivity (Wildman–Crippen MR) is 97.0 cm³/mol. The van der Waals surface area contributed by atoms with Crippen molar-refractivity contribution in [2.45, 2.75) is 39.5 Å². The Bertz CT molecular complexity index is 879. The summed E-state index contributed by atoms with van der Waals surface area (Å²) in [5.41, 5.74) is 11.1. The van der Waals surface area contributed by atoms with Gasteiger partial charge in [-0.2, -0.15) is 5.10 Å². The number of aromatic nitrogens is 1. The lowest BCUT2D eigenvalue weighted by Gasteiger charge is -2.11. The summed E-state index contributed by atoms with van der Waals surface area (Å²) in [6, 6.07) is 1.18. The highest BCUT2D eigenvalue weighted by Crippen LogP contribution is 2.38. The number of urea groups is 1. The van der Waals surface area contributed by atoms with Gasteiger partial charge in [0.2, 0.25) is 0 Å². The van der Waals surface area contributed by atoms with Crippen LogP contribution < -0.4 is 11.2 Å². The van der Waals surface area contributed by atoms with Crippen LogP contribution in [0.1, 0.15) is 50.6 Å². The number of nitrogens with one attached hydrogen (secondary N) is 1. The number of aromatic carboxylic acids is 1. The van der Waals surface area contributed by atoms with Crippen LogP contribution in [0.25, 0.3) is 5.00 Å². The highest BCUT2D eigenvalue weighted by molar-refractivity contribution is 7.15. The Morgan fingerprint density at radius 2 is 2.08 bits per heavy atom. The Labute approximate surface area is 149 Å². The number of rotatable bonds is 4. The van der Waals surface area contributed by atoms with E-state index in [0.717, 1.165) is 53.2 Å². The van der Waals surface area contributed by atoms with E-state index >= 15 is 0 Å². The second-order valence-electron chi connectivity index (χ2n) is 6.09. The topological polar surface area (TPSA) is 110 Å². The summed E-state index contributed by atoms with van der Waals surface area (Å²) < 4.78 is 1.96. The monoisotopic (exact) mass is 360 g/mol. The number of nitrogens with zero attached hydrogens (tertiary/aromatic N) is 2. The fraction of sp³-hybridized carbons (Fsp3) is 0.353. The van der Waals surface area contributed by atoms with E-state index in [-0.39, 0.29) is 0 Å². The minimum Gasteiger partial charge on any atom is -0.478 e. The van der Waals surface area contributed by atoms with Crippen LogP contribution in [0.4, 0.5) is 4.79 Å².